The fraction of sp³-hybridized carbons (Fsp3) is 0.647. The minimum atomic E-state index is -4.56. The molecular weight excluding hydrogens is 403 g/mol. The van der Waals surface area contributed by atoms with Gasteiger partial charge in [0.25, 0.3) is 5.69 Å². The van der Waals surface area contributed by atoms with Crippen molar-refractivity contribution in [1.82, 2.24) is 4.90 Å². The van der Waals surface area contributed by atoms with E-state index in [1.54, 1.807) is 0 Å². The summed E-state index contributed by atoms with van der Waals surface area (Å²) in [7, 11) is 1.27. The van der Waals surface area contributed by atoms with Crippen molar-refractivity contribution in [3.05, 3.63) is 27.8 Å². The number of likely N-dealkylation sites (tertiary alicyclic amines) is 1. The number of nitro groups is 1. The van der Waals surface area contributed by atoms with Gasteiger partial charge in [0, 0.05) is 31.2 Å². The summed E-state index contributed by atoms with van der Waals surface area (Å²) in [6.45, 7) is 4.11. The smallest absolute Gasteiger partial charge is 0.422 e. The lowest BCUT2D eigenvalue weighted by molar-refractivity contribution is -0.385. The standard InChI is InChI=1S/C17H24F3N3O4.ClH/c1-16(2)9-22(5-4-15(16)21)8-11-6-13(26-3)14(7-12(11)23(24)25)27-10-17(18,19)20;/h6-7,15H,4-5,8-10,21H2,1-3H3;1H. The molecule has 11 heteroatoms. The molecule has 0 aliphatic carbocycles. The predicted molar refractivity (Wildman–Crippen MR) is 100 cm³/mol. The maximum absolute atomic E-state index is 12.4. The summed E-state index contributed by atoms with van der Waals surface area (Å²) < 4.78 is 47.0. The van der Waals surface area contributed by atoms with E-state index in [0.717, 1.165) is 12.5 Å². The molecule has 1 aromatic carbocycles. The van der Waals surface area contributed by atoms with Gasteiger partial charge in [-0.1, -0.05) is 13.8 Å². The third kappa shape index (κ3) is 6.11. The Morgan fingerprint density at radius 3 is 2.50 bits per heavy atom. The number of rotatable bonds is 6. The van der Waals surface area contributed by atoms with Gasteiger partial charge in [0.05, 0.1) is 18.1 Å². The first-order valence-corrected chi connectivity index (χ1v) is 8.46. The topological polar surface area (TPSA) is 90.9 Å². The van der Waals surface area contributed by atoms with Gasteiger partial charge < -0.3 is 15.2 Å². The zero-order valence-corrected chi connectivity index (χ0v) is 16.7. The lowest BCUT2D eigenvalue weighted by Gasteiger charge is -2.42. The van der Waals surface area contributed by atoms with Crippen LogP contribution < -0.4 is 15.2 Å². The van der Waals surface area contributed by atoms with Crippen molar-refractivity contribution in [3.63, 3.8) is 0 Å². The third-order valence-corrected chi connectivity index (χ3v) is 4.74. The van der Waals surface area contributed by atoms with Crippen LogP contribution in [0, 0.1) is 15.5 Å². The molecule has 1 heterocycles. The first kappa shape index (κ1) is 24.3. The van der Waals surface area contributed by atoms with Crippen molar-refractivity contribution >= 4 is 18.1 Å². The quantitative estimate of drug-likeness (QED) is 0.551. The number of nitrogens with two attached hydrogens (primary N) is 1. The molecule has 7 nitrogen and oxygen atoms in total. The van der Waals surface area contributed by atoms with Crippen LogP contribution >= 0.6 is 12.4 Å². The van der Waals surface area contributed by atoms with Crippen LogP contribution in [0.4, 0.5) is 18.9 Å². The zero-order valence-electron chi connectivity index (χ0n) is 15.9. The van der Waals surface area contributed by atoms with Gasteiger partial charge in [-0.25, -0.2) is 0 Å². The molecule has 1 aliphatic rings. The number of hydrogen-bond acceptors (Lipinski definition) is 6. The monoisotopic (exact) mass is 427 g/mol. The molecule has 160 valence electrons. The molecule has 28 heavy (non-hydrogen) atoms. The maximum atomic E-state index is 12.4. The van der Waals surface area contributed by atoms with Crippen molar-refractivity contribution in [1.29, 1.82) is 0 Å². The van der Waals surface area contributed by atoms with Crippen LogP contribution in [0.25, 0.3) is 0 Å². The molecule has 1 aliphatic heterocycles. The number of benzene rings is 1. The fourth-order valence-electron chi connectivity index (χ4n) is 3.18. The molecule has 0 aromatic heterocycles. The summed E-state index contributed by atoms with van der Waals surface area (Å²) in [5.74, 6) is -0.293. The molecule has 0 saturated carbocycles. The summed E-state index contributed by atoms with van der Waals surface area (Å²) in [6, 6.07) is 2.39. The predicted octanol–water partition coefficient (Wildman–Crippen LogP) is 3.53. The van der Waals surface area contributed by atoms with E-state index in [1.165, 1.54) is 13.2 Å². The Labute approximate surface area is 167 Å². The molecule has 1 atom stereocenters. The number of piperidine rings is 1. The van der Waals surface area contributed by atoms with Gasteiger partial charge in [-0.05, 0) is 17.9 Å². The Morgan fingerprint density at radius 1 is 1.36 bits per heavy atom. The fourth-order valence-corrected chi connectivity index (χ4v) is 3.18. The molecule has 1 saturated heterocycles. The van der Waals surface area contributed by atoms with Gasteiger partial charge in [0.2, 0.25) is 0 Å². The summed E-state index contributed by atoms with van der Waals surface area (Å²) in [5.41, 5.74) is 6.02. The van der Waals surface area contributed by atoms with Crippen LogP contribution in [0.1, 0.15) is 25.8 Å². The third-order valence-electron chi connectivity index (χ3n) is 4.74. The van der Waals surface area contributed by atoms with E-state index in [9.17, 15) is 23.3 Å². The number of ether oxygens (including phenoxy) is 2. The lowest BCUT2D eigenvalue weighted by atomic mass is 9.79. The number of hydrogen-bond donors (Lipinski definition) is 1. The molecule has 2 N–H and O–H groups in total. The molecule has 1 fully saturated rings. The summed E-state index contributed by atoms with van der Waals surface area (Å²) in [5, 5.41) is 11.4. The highest BCUT2D eigenvalue weighted by Gasteiger charge is 2.34. The van der Waals surface area contributed by atoms with Gasteiger partial charge in [-0.15, -0.1) is 12.4 Å². The Balaban J connectivity index is 0.00000392. The average Bonchev–Trinajstić information content (AvgIpc) is 2.55. The Bertz CT molecular complexity index is 701. The first-order valence-electron chi connectivity index (χ1n) is 8.46. The maximum Gasteiger partial charge on any atom is 0.422 e. The van der Waals surface area contributed by atoms with E-state index in [2.05, 4.69) is 0 Å². The Kier molecular flexibility index (Phi) is 7.92. The number of alkyl halides is 3. The van der Waals surface area contributed by atoms with E-state index < -0.39 is 17.7 Å². The number of halogens is 4. The molecule has 1 aromatic rings. The molecule has 0 spiro atoms. The van der Waals surface area contributed by atoms with Crippen molar-refractivity contribution in [2.75, 3.05) is 26.8 Å². The van der Waals surface area contributed by atoms with E-state index in [0.29, 0.717) is 18.7 Å². The first-order chi connectivity index (χ1) is 12.4. The van der Waals surface area contributed by atoms with Crippen LogP contribution in [-0.4, -0.2) is 48.8 Å². The van der Waals surface area contributed by atoms with E-state index >= 15 is 0 Å². The SMILES string of the molecule is COc1cc(CN2CCC(N)C(C)(C)C2)c([N+](=O)[O-])cc1OCC(F)(F)F.Cl. The molecular formula is C17H25ClF3N3O4. The Morgan fingerprint density at radius 2 is 2.00 bits per heavy atom. The molecule has 0 bridgehead atoms. The number of nitro benzene ring substituents is 1. The van der Waals surface area contributed by atoms with E-state index in [-0.39, 0.29) is 47.6 Å². The second kappa shape index (κ2) is 9.15. The highest BCUT2D eigenvalue weighted by atomic mass is 35.5. The molecule has 0 amide bonds. The summed E-state index contributed by atoms with van der Waals surface area (Å²) in [4.78, 5) is 12.9. The largest absolute Gasteiger partial charge is 0.493 e. The Hall–Kier alpha value is -1.78. The van der Waals surface area contributed by atoms with Crippen molar-refractivity contribution in [2.24, 2.45) is 11.1 Å². The van der Waals surface area contributed by atoms with Gasteiger partial charge in [-0.3, -0.25) is 15.0 Å². The van der Waals surface area contributed by atoms with Gasteiger partial charge >= 0.3 is 6.18 Å². The number of nitrogens with zero attached hydrogens (tertiary/aromatic N) is 2. The minimum absolute atomic E-state index is 0. The average molecular weight is 428 g/mol. The van der Waals surface area contributed by atoms with Crippen molar-refractivity contribution < 1.29 is 27.6 Å². The van der Waals surface area contributed by atoms with E-state index in [4.69, 9.17) is 15.2 Å². The summed E-state index contributed by atoms with van der Waals surface area (Å²) >= 11 is 0. The van der Waals surface area contributed by atoms with Crippen molar-refractivity contribution in [3.8, 4) is 11.5 Å². The second-order valence-corrected chi connectivity index (χ2v) is 7.39. The van der Waals surface area contributed by atoms with Gasteiger partial charge in [0.1, 0.15) is 0 Å². The van der Waals surface area contributed by atoms with Gasteiger partial charge in [-0.2, -0.15) is 13.2 Å². The van der Waals surface area contributed by atoms with Crippen LogP contribution in [0.15, 0.2) is 12.1 Å². The molecule has 0 radical (unpaired) electrons. The van der Waals surface area contributed by atoms with Crippen LogP contribution in [0.3, 0.4) is 0 Å². The second-order valence-electron chi connectivity index (χ2n) is 7.39. The minimum Gasteiger partial charge on any atom is -0.493 e. The highest BCUT2D eigenvalue weighted by molar-refractivity contribution is 5.85. The van der Waals surface area contributed by atoms with Crippen LogP contribution in [0.2, 0.25) is 0 Å². The number of methoxy groups -OCH3 is 1. The van der Waals surface area contributed by atoms with Crippen LogP contribution in [-0.2, 0) is 6.54 Å². The normalized spacial score (nSPS) is 19.6. The molecule has 1 unspecified atom stereocenters. The van der Waals surface area contributed by atoms with Gasteiger partial charge in [0.15, 0.2) is 18.1 Å². The highest BCUT2D eigenvalue weighted by Crippen LogP contribution is 2.37. The molecule has 2 rings (SSSR count). The van der Waals surface area contributed by atoms with Crippen LogP contribution in [0.5, 0.6) is 11.5 Å². The lowest BCUT2D eigenvalue weighted by Crippen LogP contribution is -2.52. The summed E-state index contributed by atoms with van der Waals surface area (Å²) in [6.07, 6.45) is -3.80. The van der Waals surface area contributed by atoms with Crippen molar-refractivity contribution in [2.45, 2.75) is 39.0 Å². The van der Waals surface area contributed by atoms with E-state index in [1.807, 2.05) is 18.7 Å². The zero-order chi connectivity index (χ0) is 20.4.